The van der Waals surface area contributed by atoms with Crippen LogP contribution in [-0.4, -0.2) is 108 Å². The Kier molecular flexibility index (Phi) is 10.5. The molecule has 5 aromatic rings. The summed E-state index contributed by atoms with van der Waals surface area (Å²) < 4.78 is 3.11. The normalized spacial score (nSPS) is 17.4. The van der Waals surface area contributed by atoms with E-state index < -0.39 is 35.3 Å². The van der Waals surface area contributed by atoms with E-state index in [-0.39, 0.29) is 36.1 Å². The SMILES string of the molecule is C=CCn1c(=O)c2cnc(Nc3ccc(N4CCN(CCCNc5cccc6c5C(=O)N(C5CCC(=O)NC5=O)C6=O)CC4)cc3)nc2n1-c1cccc(C(C)(C)O)n1. The Morgan fingerprint density at radius 2 is 1.71 bits per heavy atom. The third kappa shape index (κ3) is 7.69. The Morgan fingerprint density at radius 3 is 2.44 bits per heavy atom. The van der Waals surface area contributed by atoms with Crippen molar-refractivity contribution >= 4 is 57.7 Å². The monoisotopic (exact) mass is 799 g/mol. The van der Waals surface area contributed by atoms with Crippen molar-refractivity contribution in [3.05, 3.63) is 107 Å². The number of aliphatic hydroxyl groups is 1. The zero-order valence-corrected chi connectivity index (χ0v) is 32.8. The van der Waals surface area contributed by atoms with E-state index in [1.807, 2.05) is 12.1 Å². The van der Waals surface area contributed by atoms with Gasteiger partial charge in [0, 0.05) is 62.4 Å². The number of nitrogens with zero attached hydrogens (tertiary/aromatic N) is 8. The molecule has 8 rings (SSSR count). The van der Waals surface area contributed by atoms with E-state index >= 15 is 0 Å². The number of anilines is 4. The number of carbonyl (C=O) groups excluding carboxylic acids is 4. The van der Waals surface area contributed by atoms with E-state index in [0.717, 1.165) is 55.4 Å². The van der Waals surface area contributed by atoms with Crippen molar-refractivity contribution in [2.24, 2.45) is 0 Å². The first-order chi connectivity index (χ1) is 28.4. The molecule has 0 spiro atoms. The fraction of sp³-hybridized carbons (Fsp3) is 0.333. The van der Waals surface area contributed by atoms with Crippen LogP contribution in [0.1, 0.15) is 59.5 Å². The van der Waals surface area contributed by atoms with Gasteiger partial charge in [0.15, 0.2) is 11.5 Å². The number of nitrogens with one attached hydrogen (secondary N) is 3. The molecular formula is C42H45N11O6. The first kappa shape index (κ1) is 39.1. The number of aromatic nitrogens is 5. The van der Waals surface area contributed by atoms with Crippen molar-refractivity contribution in [2.45, 2.75) is 51.3 Å². The van der Waals surface area contributed by atoms with Crippen molar-refractivity contribution < 1.29 is 24.3 Å². The molecule has 3 aliphatic rings. The molecule has 4 N–H and O–H groups in total. The molecule has 3 aromatic heterocycles. The molecule has 1 unspecified atom stereocenters. The number of piperidine rings is 1. The van der Waals surface area contributed by atoms with Gasteiger partial charge in [-0.05, 0) is 81.8 Å². The lowest BCUT2D eigenvalue weighted by Gasteiger charge is -2.36. The topological polar surface area (TPSA) is 200 Å². The van der Waals surface area contributed by atoms with Crippen molar-refractivity contribution in [1.29, 1.82) is 0 Å². The van der Waals surface area contributed by atoms with Crippen molar-refractivity contribution in [2.75, 3.05) is 54.8 Å². The second-order valence-corrected chi connectivity index (χ2v) is 15.3. The number of carbonyl (C=O) groups is 4. The number of amides is 4. The first-order valence-electron chi connectivity index (χ1n) is 19.6. The van der Waals surface area contributed by atoms with Gasteiger partial charge >= 0.3 is 0 Å². The number of hydrogen-bond donors (Lipinski definition) is 4. The number of rotatable bonds is 13. The molecule has 304 valence electrons. The van der Waals surface area contributed by atoms with Gasteiger partial charge in [0.2, 0.25) is 17.8 Å². The molecule has 0 radical (unpaired) electrons. The molecule has 6 heterocycles. The van der Waals surface area contributed by atoms with Gasteiger partial charge in [-0.2, -0.15) is 4.98 Å². The minimum absolute atomic E-state index is 0.0723. The van der Waals surface area contributed by atoms with Gasteiger partial charge in [-0.3, -0.25) is 39.1 Å². The lowest BCUT2D eigenvalue weighted by Crippen LogP contribution is -2.54. The molecule has 2 fully saturated rings. The van der Waals surface area contributed by atoms with E-state index in [1.54, 1.807) is 61.0 Å². The fourth-order valence-electron chi connectivity index (χ4n) is 7.79. The molecule has 0 aliphatic carbocycles. The molecule has 2 saturated heterocycles. The molecule has 17 heteroatoms. The summed E-state index contributed by atoms with van der Waals surface area (Å²) in [4.78, 5) is 83.6. The number of hydrogen-bond acceptors (Lipinski definition) is 13. The number of benzene rings is 2. The van der Waals surface area contributed by atoms with Crippen LogP contribution >= 0.6 is 0 Å². The van der Waals surface area contributed by atoms with E-state index in [2.05, 4.69) is 54.4 Å². The minimum atomic E-state index is -1.18. The molecule has 2 aromatic carbocycles. The second kappa shape index (κ2) is 15.9. The van der Waals surface area contributed by atoms with Crippen LogP contribution in [0.3, 0.4) is 0 Å². The zero-order valence-electron chi connectivity index (χ0n) is 32.8. The summed E-state index contributed by atoms with van der Waals surface area (Å²) in [5.74, 6) is -1.35. The lowest BCUT2D eigenvalue weighted by molar-refractivity contribution is -0.136. The van der Waals surface area contributed by atoms with Crippen LogP contribution in [0.15, 0.2) is 84.3 Å². The van der Waals surface area contributed by atoms with E-state index in [0.29, 0.717) is 40.7 Å². The summed E-state index contributed by atoms with van der Waals surface area (Å²) in [5, 5.41) is 19.7. The first-order valence-corrected chi connectivity index (χ1v) is 19.6. The molecule has 0 saturated carbocycles. The molecule has 4 amide bonds. The van der Waals surface area contributed by atoms with Crippen LogP contribution in [-0.2, 0) is 21.7 Å². The summed E-state index contributed by atoms with van der Waals surface area (Å²) in [7, 11) is 0. The van der Waals surface area contributed by atoms with Gasteiger partial charge in [0.1, 0.15) is 17.0 Å². The molecule has 3 aliphatic heterocycles. The molecular weight excluding hydrogens is 755 g/mol. The fourth-order valence-corrected chi connectivity index (χ4v) is 7.79. The molecule has 1 atom stereocenters. The highest BCUT2D eigenvalue weighted by molar-refractivity contribution is 6.25. The maximum absolute atomic E-state index is 13.4. The van der Waals surface area contributed by atoms with Crippen LogP contribution in [0.4, 0.5) is 23.0 Å². The third-order valence-electron chi connectivity index (χ3n) is 10.9. The summed E-state index contributed by atoms with van der Waals surface area (Å²) in [6.07, 6.45) is 4.13. The van der Waals surface area contributed by atoms with Gasteiger partial charge in [0.25, 0.3) is 17.4 Å². The van der Waals surface area contributed by atoms with Crippen LogP contribution < -0.4 is 26.4 Å². The van der Waals surface area contributed by atoms with Gasteiger partial charge in [-0.1, -0.05) is 18.2 Å². The average molecular weight is 800 g/mol. The maximum atomic E-state index is 13.4. The summed E-state index contributed by atoms with van der Waals surface area (Å²) >= 11 is 0. The van der Waals surface area contributed by atoms with E-state index in [4.69, 9.17) is 4.98 Å². The zero-order chi connectivity index (χ0) is 41.4. The van der Waals surface area contributed by atoms with Crippen LogP contribution in [0, 0.1) is 0 Å². The van der Waals surface area contributed by atoms with E-state index in [9.17, 15) is 29.1 Å². The number of fused-ring (bicyclic) bond motifs is 2. The minimum Gasteiger partial charge on any atom is -0.384 e. The summed E-state index contributed by atoms with van der Waals surface area (Å²) in [6.45, 7) is 12.2. The van der Waals surface area contributed by atoms with Gasteiger partial charge in [-0.25, -0.2) is 19.3 Å². The largest absolute Gasteiger partial charge is 0.384 e. The quantitative estimate of drug-likeness (QED) is 0.0770. The Bertz CT molecular complexity index is 2530. The van der Waals surface area contributed by atoms with E-state index in [1.165, 1.54) is 10.9 Å². The Labute approximate surface area is 339 Å². The van der Waals surface area contributed by atoms with Crippen LogP contribution in [0.25, 0.3) is 16.9 Å². The predicted octanol–water partition coefficient (Wildman–Crippen LogP) is 3.16. The number of piperazine rings is 1. The maximum Gasteiger partial charge on any atom is 0.278 e. The standard InChI is InChI=1S/C42H45N11O6/c1-4-19-51-38(56)29-25-44-41(48-36(29)53(51)33-11-6-10-32(46-33)42(2,3)59)45-26-12-14-27(15-13-26)50-23-21-49(22-24-50)20-7-18-43-30-9-5-8-28-35(30)40(58)52(39(28)57)31-16-17-34(54)47-37(31)55/h4-6,8-15,25,31,43,59H,1,7,16-24H2,2-3H3,(H,44,45,48)(H,47,54,55). The molecule has 17 nitrogen and oxygen atoms in total. The molecule has 59 heavy (non-hydrogen) atoms. The Morgan fingerprint density at radius 1 is 0.949 bits per heavy atom. The second-order valence-electron chi connectivity index (χ2n) is 15.3. The van der Waals surface area contributed by atoms with Crippen molar-refractivity contribution in [3.63, 3.8) is 0 Å². The highest BCUT2D eigenvalue weighted by Crippen LogP contribution is 2.32. The molecule has 0 bridgehead atoms. The van der Waals surface area contributed by atoms with Crippen LogP contribution in [0.2, 0.25) is 0 Å². The van der Waals surface area contributed by atoms with Gasteiger partial charge < -0.3 is 20.6 Å². The number of imide groups is 2. The highest BCUT2D eigenvalue weighted by Gasteiger charge is 2.45. The highest BCUT2D eigenvalue weighted by atomic mass is 16.3. The number of pyridine rings is 1. The van der Waals surface area contributed by atoms with Crippen LogP contribution in [0.5, 0.6) is 0 Å². The summed E-state index contributed by atoms with van der Waals surface area (Å²) in [6, 6.07) is 17.4. The van der Waals surface area contributed by atoms with Gasteiger partial charge in [0.05, 0.1) is 23.4 Å². The smallest absolute Gasteiger partial charge is 0.278 e. The predicted molar refractivity (Wildman–Crippen MR) is 221 cm³/mol. The Hall–Kier alpha value is -6.72. The van der Waals surface area contributed by atoms with Gasteiger partial charge in [-0.15, -0.1) is 6.58 Å². The summed E-state index contributed by atoms with van der Waals surface area (Å²) in [5.41, 5.74) is 2.29. The lowest BCUT2D eigenvalue weighted by atomic mass is 10.0. The third-order valence-corrected chi connectivity index (χ3v) is 10.9. The number of allylic oxidation sites excluding steroid dienone is 1. The van der Waals surface area contributed by atoms with Crippen molar-refractivity contribution in [1.82, 2.24) is 39.4 Å². The van der Waals surface area contributed by atoms with Crippen molar-refractivity contribution in [3.8, 4) is 5.82 Å². The Balaban J connectivity index is 0.855. The average Bonchev–Trinajstić information content (AvgIpc) is 3.64.